The standard InChI is InChI=1S/C14H20N2O4/c1-15-9-7-13(17)16-11-3-5-12(6-4-11)20-10-8-14(18)19-2/h3-6,15H,7-10H2,1-2H3,(H,16,17). The van der Waals surface area contributed by atoms with Gasteiger partial charge in [-0.2, -0.15) is 0 Å². The average Bonchev–Trinajstić information content (AvgIpc) is 2.46. The molecule has 1 aromatic carbocycles. The van der Waals surface area contributed by atoms with Gasteiger partial charge in [0.2, 0.25) is 5.91 Å². The van der Waals surface area contributed by atoms with Crippen LogP contribution in [0.15, 0.2) is 24.3 Å². The van der Waals surface area contributed by atoms with Gasteiger partial charge in [0, 0.05) is 18.7 Å². The summed E-state index contributed by atoms with van der Waals surface area (Å²) in [5.74, 6) is 0.291. The van der Waals surface area contributed by atoms with Crippen LogP contribution in [0, 0.1) is 0 Å². The van der Waals surface area contributed by atoms with Gasteiger partial charge in [-0.1, -0.05) is 0 Å². The number of nitrogens with one attached hydrogen (secondary N) is 2. The van der Waals surface area contributed by atoms with Crippen LogP contribution in [-0.2, 0) is 14.3 Å². The molecule has 0 spiro atoms. The third kappa shape index (κ3) is 6.19. The Morgan fingerprint density at radius 1 is 1.15 bits per heavy atom. The predicted molar refractivity (Wildman–Crippen MR) is 75.7 cm³/mol. The van der Waals surface area contributed by atoms with Gasteiger partial charge in [-0.15, -0.1) is 0 Å². The quantitative estimate of drug-likeness (QED) is 0.699. The first-order chi connectivity index (χ1) is 9.65. The molecule has 0 aliphatic heterocycles. The van der Waals surface area contributed by atoms with E-state index in [1.54, 1.807) is 31.3 Å². The Morgan fingerprint density at radius 2 is 1.85 bits per heavy atom. The van der Waals surface area contributed by atoms with Gasteiger partial charge in [-0.25, -0.2) is 0 Å². The van der Waals surface area contributed by atoms with Gasteiger partial charge in [0.1, 0.15) is 5.75 Å². The Morgan fingerprint density at radius 3 is 2.45 bits per heavy atom. The molecule has 2 N–H and O–H groups in total. The number of benzene rings is 1. The molecule has 1 aromatic rings. The molecule has 0 radical (unpaired) electrons. The Bertz CT molecular complexity index is 431. The second-order valence-electron chi connectivity index (χ2n) is 4.10. The highest BCUT2D eigenvalue weighted by Gasteiger charge is 2.03. The maximum atomic E-state index is 11.5. The lowest BCUT2D eigenvalue weighted by atomic mass is 10.3. The van der Waals surface area contributed by atoms with Crippen molar-refractivity contribution in [3.05, 3.63) is 24.3 Å². The molecule has 0 saturated carbocycles. The normalized spacial score (nSPS) is 9.90. The molecule has 0 atom stereocenters. The summed E-state index contributed by atoms with van der Waals surface area (Å²) in [6, 6.07) is 6.99. The number of ether oxygens (including phenoxy) is 2. The van der Waals surface area contributed by atoms with Crippen molar-refractivity contribution in [2.75, 3.05) is 32.6 Å². The number of methoxy groups -OCH3 is 1. The summed E-state index contributed by atoms with van der Waals surface area (Å²) >= 11 is 0. The van der Waals surface area contributed by atoms with E-state index in [0.717, 1.165) is 0 Å². The molecule has 0 aromatic heterocycles. The lowest BCUT2D eigenvalue weighted by Gasteiger charge is -2.08. The minimum atomic E-state index is -0.307. The molecule has 1 amide bonds. The molecule has 0 fully saturated rings. The number of carbonyl (C=O) groups is 2. The highest BCUT2D eigenvalue weighted by molar-refractivity contribution is 5.90. The van der Waals surface area contributed by atoms with E-state index in [-0.39, 0.29) is 24.9 Å². The van der Waals surface area contributed by atoms with Crippen LogP contribution >= 0.6 is 0 Å². The number of amides is 1. The van der Waals surface area contributed by atoms with Gasteiger partial charge < -0.3 is 20.1 Å². The summed E-state index contributed by atoms with van der Waals surface area (Å²) in [4.78, 5) is 22.4. The fourth-order valence-electron chi connectivity index (χ4n) is 1.45. The second kappa shape index (κ2) is 8.92. The molecule has 0 aliphatic rings. The van der Waals surface area contributed by atoms with Gasteiger partial charge >= 0.3 is 5.97 Å². The minimum Gasteiger partial charge on any atom is -0.493 e. The largest absolute Gasteiger partial charge is 0.493 e. The molecule has 0 unspecified atom stereocenters. The fraction of sp³-hybridized carbons (Fsp3) is 0.429. The van der Waals surface area contributed by atoms with Crippen LogP contribution in [0.1, 0.15) is 12.8 Å². The maximum Gasteiger partial charge on any atom is 0.308 e. The van der Waals surface area contributed by atoms with Crippen LogP contribution in [-0.4, -0.2) is 39.2 Å². The highest BCUT2D eigenvalue weighted by Crippen LogP contribution is 2.16. The van der Waals surface area contributed by atoms with E-state index in [2.05, 4.69) is 15.4 Å². The van der Waals surface area contributed by atoms with E-state index in [1.807, 2.05) is 0 Å². The number of carbonyl (C=O) groups excluding carboxylic acids is 2. The van der Waals surface area contributed by atoms with Crippen molar-refractivity contribution in [2.45, 2.75) is 12.8 Å². The average molecular weight is 280 g/mol. The third-order valence-corrected chi connectivity index (χ3v) is 2.54. The first-order valence-electron chi connectivity index (χ1n) is 6.40. The van der Waals surface area contributed by atoms with E-state index in [0.29, 0.717) is 24.4 Å². The first-order valence-corrected chi connectivity index (χ1v) is 6.40. The zero-order valence-corrected chi connectivity index (χ0v) is 11.8. The Labute approximate surface area is 118 Å². The zero-order chi connectivity index (χ0) is 14.8. The second-order valence-corrected chi connectivity index (χ2v) is 4.10. The Kier molecular flexibility index (Phi) is 7.13. The summed E-state index contributed by atoms with van der Waals surface area (Å²) in [5.41, 5.74) is 0.714. The fourth-order valence-corrected chi connectivity index (χ4v) is 1.45. The molecule has 20 heavy (non-hydrogen) atoms. The lowest BCUT2D eigenvalue weighted by molar-refractivity contribution is -0.141. The highest BCUT2D eigenvalue weighted by atomic mass is 16.5. The van der Waals surface area contributed by atoms with Crippen LogP contribution in [0.2, 0.25) is 0 Å². The molecule has 110 valence electrons. The summed E-state index contributed by atoms with van der Waals surface area (Å²) < 4.78 is 9.89. The van der Waals surface area contributed by atoms with Crippen molar-refractivity contribution >= 4 is 17.6 Å². The molecular weight excluding hydrogens is 260 g/mol. The van der Waals surface area contributed by atoms with Crippen molar-refractivity contribution in [3.63, 3.8) is 0 Å². The van der Waals surface area contributed by atoms with Gasteiger partial charge in [0.05, 0.1) is 20.1 Å². The molecule has 0 bridgehead atoms. The summed E-state index contributed by atoms with van der Waals surface area (Å²) in [7, 11) is 3.14. The molecule has 6 nitrogen and oxygen atoms in total. The van der Waals surface area contributed by atoms with Gasteiger partial charge in [0.15, 0.2) is 0 Å². The van der Waals surface area contributed by atoms with E-state index < -0.39 is 0 Å². The third-order valence-electron chi connectivity index (χ3n) is 2.54. The maximum absolute atomic E-state index is 11.5. The Hall–Kier alpha value is -2.08. The van der Waals surface area contributed by atoms with Crippen molar-refractivity contribution in [2.24, 2.45) is 0 Å². The van der Waals surface area contributed by atoms with Crippen molar-refractivity contribution in [1.82, 2.24) is 5.32 Å². The lowest BCUT2D eigenvalue weighted by Crippen LogP contribution is -2.18. The summed E-state index contributed by atoms with van der Waals surface area (Å²) in [6.45, 7) is 0.904. The van der Waals surface area contributed by atoms with Gasteiger partial charge in [-0.05, 0) is 31.3 Å². The van der Waals surface area contributed by atoms with E-state index in [1.165, 1.54) is 7.11 Å². The number of hydrogen-bond acceptors (Lipinski definition) is 5. The SMILES string of the molecule is CNCCC(=O)Nc1ccc(OCCC(=O)OC)cc1. The monoisotopic (exact) mass is 280 g/mol. The predicted octanol–water partition coefficient (Wildman–Crippen LogP) is 1.18. The summed E-state index contributed by atoms with van der Waals surface area (Å²) in [5, 5.41) is 5.69. The van der Waals surface area contributed by atoms with E-state index in [4.69, 9.17) is 4.74 Å². The van der Waals surface area contributed by atoms with Crippen LogP contribution in [0.5, 0.6) is 5.75 Å². The van der Waals surface area contributed by atoms with Crippen LogP contribution in [0.4, 0.5) is 5.69 Å². The smallest absolute Gasteiger partial charge is 0.308 e. The number of rotatable bonds is 8. The molecular formula is C14H20N2O4. The molecule has 0 heterocycles. The van der Waals surface area contributed by atoms with Crippen LogP contribution < -0.4 is 15.4 Å². The molecule has 0 saturated heterocycles. The van der Waals surface area contributed by atoms with Gasteiger partial charge in [0.25, 0.3) is 0 Å². The number of hydrogen-bond donors (Lipinski definition) is 2. The zero-order valence-electron chi connectivity index (χ0n) is 11.8. The van der Waals surface area contributed by atoms with E-state index in [9.17, 15) is 9.59 Å². The topological polar surface area (TPSA) is 76.7 Å². The van der Waals surface area contributed by atoms with Crippen molar-refractivity contribution < 1.29 is 19.1 Å². The summed E-state index contributed by atoms with van der Waals surface area (Å²) in [6.07, 6.45) is 0.632. The number of anilines is 1. The molecule has 1 rings (SSSR count). The first kappa shape index (κ1) is 16.0. The molecule has 6 heteroatoms. The van der Waals surface area contributed by atoms with Gasteiger partial charge in [-0.3, -0.25) is 9.59 Å². The van der Waals surface area contributed by atoms with Crippen molar-refractivity contribution in [1.29, 1.82) is 0 Å². The Balaban J connectivity index is 2.36. The van der Waals surface area contributed by atoms with Crippen molar-refractivity contribution in [3.8, 4) is 5.75 Å². The minimum absolute atomic E-state index is 0.0429. The molecule has 0 aliphatic carbocycles. The van der Waals surface area contributed by atoms with Crippen LogP contribution in [0.25, 0.3) is 0 Å². The van der Waals surface area contributed by atoms with Crippen LogP contribution in [0.3, 0.4) is 0 Å². The van der Waals surface area contributed by atoms with E-state index >= 15 is 0 Å². The number of esters is 1.